The van der Waals surface area contributed by atoms with Gasteiger partial charge in [0.15, 0.2) is 0 Å². The summed E-state index contributed by atoms with van der Waals surface area (Å²) in [5.74, 6) is -0.740. The summed E-state index contributed by atoms with van der Waals surface area (Å²) < 4.78 is 0. The zero-order valence-corrected chi connectivity index (χ0v) is 11.9. The highest BCUT2D eigenvalue weighted by Crippen LogP contribution is 2.05. The Bertz CT molecular complexity index is 310. The van der Waals surface area contributed by atoms with E-state index < -0.39 is 5.97 Å². The summed E-state index contributed by atoms with van der Waals surface area (Å²) in [7, 11) is 0. The fraction of sp³-hybridized carbons (Fsp3) is 0.562. The molecule has 0 aromatic heterocycles. The Morgan fingerprint density at radius 1 is 1.06 bits per heavy atom. The summed E-state index contributed by atoms with van der Waals surface area (Å²) in [5, 5.41) is 8.43. The lowest BCUT2D eigenvalue weighted by molar-refractivity contribution is -0.136. The number of unbranched alkanes of at least 4 members (excludes halogenated alkanes) is 3. The number of carboxylic acids is 1. The quantitative estimate of drug-likeness (QED) is 0.749. The average Bonchev–Trinajstić information content (AvgIpc) is 2.36. The molecule has 1 aromatic rings. The van der Waals surface area contributed by atoms with Gasteiger partial charge in [0.05, 0.1) is 0 Å². The maximum atomic E-state index is 10.2. The van der Waals surface area contributed by atoms with Crippen molar-refractivity contribution in [1.29, 1.82) is 0 Å². The molecule has 1 aromatic carbocycles. The molecule has 0 radical (unpaired) electrons. The molecule has 0 aliphatic rings. The van der Waals surface area contributed by atoms with Crippen molar-refractivity contribution < 1.29 is 9.90 Å². The summed E-state index contributed by atoms with van der Waals surface area (Å²) >= 11 is 0. The van der Waals surface area contributed by atoms with Gasteiger partial charge < -0.3 is 5.11 Å². The Morgan fingerprint density at radius 3 is 1.94 bits per heavy atom. The van der Waals surface area contributed by atoms with Gasteiger partial charge in [0, 0.05) is 6.42 Å². The third kappa shape index (κ3) is 9.88. The number of benzene rings is 1. The van der Waals surface area contributed by atoms with Gasteiger partial charge in [-0.15, -0.1) is 0 Å². The summed E-state index contributed by atoms with van der Waals surface area (Å²) in [5.41, 5.74) is 2.29. The number of hydrogen-bond donors (Lipinski definition) is 1. The molecule has 0 saturated carbocycles. The zero-order chi connectivity index (χ0) is 13.8. The Hall–Kier alpha value is -1.31. The SMILES string of the molecule is CCCCCC.Cc1ccc(CCC(=O)O)cc1. The fourth-order valence-electron chi connectivity index (χ4n) is 1.51. The van der Waals surface area contributed by atoms with Crippen molar-refractivity contribution in [3.63, 3.8) is 0 Å². The second-order valence-corrected chi connectivity index (χ2v) is 4.59. The minimum atomic E-state index is -0.740. The molecule has 0 fully saturated rings. The lowest BCUT2D eigenvalue weighted by Crippen LogP contribution is -1.97. The van der Waals surface area contributed by atoms with Gasteiger partial charge in [-0.3, -0.25) is 4.79 Å². The van der Waals surface area contributed by atoms with Crippen molar-refractivity contribution in [2.24, 2.45) is 0 Å². The summed E-state index contributed by atoms with van der Waals surface area (Å²) in [4.78, 5) is 10.2. The Labute approximate surface area is 111 Å². The third-order valence-corrected chi connectivity index (χ3v) is 2.71. The van der Waals surface area contributed by atoms with Crippen molar-refractivity contribution in [2.75, 3.05) is 0 Å². The molecule has 0 spiro atoms. The van der Waals surface area contributed by atoms with Gasteiger partial charge in [-0.1, -0.05) is 69.4 Å². The standard InChI is InChI=1S/C10H12O2.C6H14/c1-8-2-4-9(5-3-8)6-7-10(11)12;1-3-5-6-4-2/h2-5H,6-7H2,1H3,(H,11,12);3-6H2,1-2H3. The molecule has 1 rings (SSSR count). The Balaban J connectivity index is 0.000000411. The van der Waals surface area contributed by atoms with Gasteiger partial charge in [-0.2, -0.15) is 0 Å². The predicted molar refractivity (Wildman–Crippen MR) is 77.0 cm³/mol. The predicted octanol–water partition coefficient (Wildman–Crippen LogP) is 4.60. The van der Waals surface area contributed by atoms with E-state index in [2.05, 4.69) is 13.8 Å². The largest absolute Gasteiger partial charge is 0.481 e. The third-order valence-electron chi connectivity index (χ3n) is 2.71. The lowest BCUT2D eigenvalue weighted by atomic mass is 10.1. The minimum Gasteiger partial charge on any atom is -0.481 e. The number of carboxylic acid groups (broad SMARTS) is 1. The molecule has 102 valence electrons. The molecule has 2 nitrogen and oxygen atoms in total. The number of rotatable bonds is 6. The van der Waals surface area contributed by atoms with E-state index in [1.807, 2.05) is 31.2 Å². The molecule has 0 unspecified atom stereocenters. The van der Waals surface area contributed by atoms with Crippen LogP contribution in [0.5, 0.6) is 0 Å². The molecule has 2 heteroatoms. The molecule has 0 amide bonds. The number of carbonyl (C=O) groups is 1. The first kappa shape index (κ1) is 16.7. The van der Waals surface area contributed by atoms with Crippen LogP contribution < -0.4 is 0 Å². The molecule has 0 heterocycles. The van der Waals surface area contributed by atoms with Crippen LogP contribution in [-0.4, -0.2) is 11.1 Å². The van der Waals surface area contributed by atoms with Crippen LogP contribution in [0.25, 0.3) is 0 Å². The smallest absolute Gasteiger partial charge is 0.303 e. The van der Waals surface area contributed by atoms with Crippen molar-refractivity contribution in [3.8, 4) is 0 Å². The summed E-state index contributed by atoms with van der Waals surface area (Å²) in [6.07, 6.45) is 6.37. The van der Waals surface area contributed by atoms with E-state index in [0.29, 0.717) is 6.42 Å². The summed E-state index contributed by atoms with van der Waals surface area (Å²) in [6, 6.07) is 7.94. The molecule has 1 N–H and O–H groups in total. The van der Waals surface area contributed by atoms with E-state index in [-0.39, 0.29) is 6.42 Å². The lowest BCUT2D eigenvalue weighted by Gasteiger charge is -1.98. The van der Waals surface area contributed by atoms with Crippen molar-refractivity contribution in [3.05, 3.63) is 35.4 Å². The molecular weight excluding hydrogens is 224 g/mol. The zero-order valence-electron chi connectivity index (χ0n) is 11.9. The first-order chi connectivity index (χ1) is 8.60. The summed E-state index contributed by atoms with van der Waals surface area (Å²) in [6.45, 7) is 6.48. The van der Waals surface area contributed by atoms with Crippen molar-refractivity contribution in [1.82, 2.24) is 0 Å². The van der Waals surface area contributed by atoms with Crippen LogP contribution in [-0.2, 0) is 11.2 Å². The number of aliphatic carboxylic acids is 1. The van der Waals surface area contributed by atoms with E-state index in [1.54, 1.807) is 0 Å². The highest BCUT2D eigenvalue weighted by molar-refractivity contribution is 5.67. The second-order valence-electron chi connectivity index (χ2n) is 4.59. The molecule has 0 aliphatic carbocycles. The van der Waals surface area contributed by atoms with E-state index >= 15 is 0 Å². The monoisotopic (exact) mass is 250 g/mol. The number of aryl methyl sites for hydroxylation is 2. The van der Waals surface area contributed by atoms with Crippen LogP contribution in [0.1, 0.15) is 57.1 Å². The van der Waals surface area contributed by atoms with Crippen LogP contribution in [0, 0.1) is 6.92 Å². The van der Waals surface area contributed by atoms with Crippen LogP contribution in [0.3, 0.4) is 0 Å². The molecule has 18 heavy (non-hydrogen) atoms. The Morgan fingerprint density at radius 2 is 1.56 bits per heavy atom. The van der Waals surface area contributed by atoms with Gasteiger partial charge in [-0.05, 0) is 18.9 Å². The van der Waals surface area contributed by atoms with Crippen molar-refractivity contribution >= 4 is 5.97 Å². The van der Waals surface area contributed by atoms with Gasteiger partial charge >= 0.3 is 5.97 Å². The van der Waals surface area contributed by atoms with Gasteiger partial charge in [0.25, 0.3) is 0 Å². The topological polar surface area (TPSA) is 37.3 Å². The van der Waals surface area contributed by atoms with E-state index in [9.17, 15) is 4.79 Å². The molecular formula is C16H26O2. The van der Waals surface area contributed by atoms with Gasteiger partial charge in [0.1, 0.15) is 0 Å². The van der Waals surface area contributed by atoms with E-state index in [0.717, 1.165) is 5.56 Å². The highest BCUT2D eigenvalue weighted by atomic mass is 16.4. The van der Waals surface area contributed by atoms with Crippen LogP contribution in [0.4, 0.5) is 0 Å². The number of hydrogen-bond acceptors (Lipinski definition) is 1. The van der Waals surface area contributed by atoms with Crippen LogP contribution in [0.2, 0.25) is 0 Å². The normalized spacial score (nSPS) is 9.50. The van der Waals surface area contributed by atoms with E-state index in [1.165, 1.54) is 31.2 Å². The van der Waals surface area contributed by atoms with E-state index in [4.69, 9.17) is 5.11 Å². The molecule has 0 atom stereocenters. The maximum absolute atomic E-state index is 10.2. The maximum Gasteiger partial charge on any atom is 0.303 e. The molecule has 0 bridgehead atoms. The molecule has 0 saturated heterocycles. The fourth-order valence-corrected chi connectivity index (χ4v) is 1.51. The second kappa shape index (κ2) is 10.8. The van der Waals surface area contributed by atoms with Crippen LogP contribution in [0.15, 0.2) is 24.3 Å². The average molecular weight is 250 g/mol. The first-order valence-corrected chi connectivity index (χ1v) is 6.87. The minimum absolute atomic E-state index is 0.211. The first-order valence-electron chi connectivity index (χ1n) is 6.87. The van der Waals surface area contributed by atoms with Gasteiger partial charge in [0.2, 0.25) is 0 Å². The highest BCUT2D eigenvalue weighted by Gasteiger charge is 1.97. The van der Waals surface area contributed by atoms with Gasteiger partial charge in [-0.25, -0.2) is 0 Å². The van der Waals surface area contributed by atoms with Crippen molar-refractivity contribution in [2.45, 2.75) is 59.3 Å². The molecule has 0 aliphatic heterocycles. The Kier molecular flexibility index (Phi) is 10.0. The van der Waals surface area contributed by atoms with Crippen LogP contribution >= 0.6 is 0 Å².